The van der Waals surface area contributed by atoms with Crippen LogP contribution < -0.4 is 21.1 Å². The fraction of sp³-hybridized carbons (Fsp3) is 0.714. The van der Waals surface area contributed by atoms with E-state index in [4.69, 9.17) is 4.74 Å². The van der Waals surface area contributed by atoms with Crippen molar-refractivity contribution in [2.75, 3.05) is 50.8 Å². The van der Waals surface area contributed by atoms with Crippen molar-refractivity contribution in [3.8, 4) is 0 Å². The van der Waals surface area contributed by atoms with Gasteiger partial charge in [-0.2, -0.15) is 26.3 Å². The number of rotatable bonds is 8. The molecule has 0 spiro atoms. The van der Waals surface area contributed by atoms with E-state index in [1.54, 1.807) is 16.7 Å². The van der Waals surface area contributed by atoms with E-state index in [9.17, 15) is 35.9 Å². The summed E-state index contributed by atoms with van der Waals surface area (Å²) in [5.41, 5.74) is 3.48. The molecule has 0 aliphatic carbocycles. The van der Waals surface area contributed by atoms with Crippen molar-refractivity contribution < 1.29 is 40.7 Å². The highest BCUT2D eigenvalue weighted by Gasteiger charge is 2.51. The normalized spacial score (nSPS) is 22.4. The standard InChI is InChI=1S/C21H29F6N7O3/c1-13(31-15-11-30-32-18(36)17(15)21(25,26)27)12-37-8-3-16(35)33-4-2-5-34(7-6-33)19-28-9-14(10-29-19)20(22,23)24/h9-10,13,15,17,30-31H,2-8,11-12H2,1H3,(H,32,36)/t13-,15?,17?/m0/s1. The minimum Gasteiger partial charge on any atom is -0.379 e. The van der Waals surface area contributed by atoms with Crippen LogP contribution in [0.3, 0.4) is 0 Å². The van der Waals surface area contributed by atoms with E-state index in [1.807, 2.05) is 5.43 Å². The summed E-state index contributed by atoms with van der Waals surface area (Å²) in [5.74, 6) is -3.36. The van der Waals surface area contributed by atoms with Crippen LogP contribution in [0.4, 0.5) is 32.3 Å². The smallest absolute Gasteiger partial charge is 0.379 e. The van der Waals surface area contributed by atoms with Crippen molar-refractivity contribution in [3.05, 3.63) is 18.0 Å². The average molecular weight is 541 g/mol. The number of nitrogens with one attached hydrogen (secondary N) is 3. The van der Waals surface area contributed by atoms with Crippen LogP contribution in [0, 0.1) is 5.92 Å². The lowest BCUT2D eigenvalue weighted by molar-refractivity contribution is -0.193. The summed E-state index contributed by atoms with van der Waals surface area (Å²) in [6.07, 6.45) is -7.13. The number of alkyl halides is 6. The van der Waals surface area contributed by atoms with Crippen molar-refractivity contribution in [2.45, 2.75) is 44.2 Å². The van der Waals surface area contributed by atoms with Gasteiger partial charge in [0.05, 0.1) is 25.2 Å². The summed E-state index contributed by atoms with van der Waals surface area (Å²) in [6, 6.07) is -1.67. The van der Waals surface area contributed by atoms with E-state index < -0.39 is 41.8 Å². The number of carbonyl (C=O) groups is 2. The third-order valence-corrected chi connectivity index (χ3v) is 5.99. The number of carbonyl (C=O) groups excluding carboxylic acids is 2. The van der Waals surface area contributed by atoms with E-state index in [-0.39, 0.29) is 38.0 Å². The number of hydrazine groups is 1. The van der Waals surface area contributed by atoms with Gasteiger partial charge in [-0.3, -0.25) is 15.0 Å². The molecule has 16 heteroatoms. The van der Waals surface area contributed by atoms with Crippen molar-refractivity contribution >= 4 is 17.8 Å². The van der Waals surface area contributed by atoms with Crippen LogP contribution in [-0.4, -0.2) is 90.9 Å². The molecule has 2 unspecified atom stereocenters. The molecule has 2 aliphatic heterocycles. The van der Waals surface area contributed by atoms with Gasteiger partial charge in [0.2, 0.25) is 17.8 Å². The first kappa shape index (κ1) is 28.8. The van der Waals surface area contributed by atoms with Gasteiger partial charge in [0, 0.05) is 57.2 Å². The molecule has 3 heterocycles. The number of aromatic nitrogens is 2. The van der Waals surface area contributed by atoms with Crippen molar-refractivity contribution in [3.63, 3.8) is 0 Å². The van der Waals surface area contributed by atoms with Crippen LogP contribution >= 0.6 is 0 Å². The molecule has 2 amide bonds. The zero-order valence-corrected chi connectivity index (χ0v) is 20.0. The molecular formula is C21H29F6N7O3. The fourth-order valence-corrected chi connectivity index (χ4v) is 4.15. The lowest BCUT2D eigenvalue weighted by Crippen LogP contribution is -2.64. The molecule has 1 aromatic rings. The topological polar surface area (TPSA) is 112 Å². The molecule has 2 fully saturated rings. The summed E-state index contributed by atoms with van der Waals surface area (Å²) in [6.45, 7) is 3.20. The fourth-order valence-electron chi connectivity index (χ4n) is 4.15. The monoisotopic (exact) mass is 541 g/mol. The molecule has 208 valence electrons. The molecule has 2 saturated heterocycles. The van der Waals surface area contributed by atoms with Gasteiger partial charge >= 0.3 is 12.4 Å². The van der Waals surface area contributed by atoms with E-state index >= 15 is 0 Å². The Morgan fingerprint density at radius 3 is 2.51 bits per heavy atom. The Kier molecular flexibility index (Phi) is 9.52. The first-order valence-corrected chi connectivity index (χ1v) is 11.7. The van der Waals surface area contributed by atoms with Crippen molar-refractivity contribution in [1.82, 2.24) is 31.0 Å². The minimum atomic E-state index is -4.70. The molecule has 0 radical (unpaired) electrons. The number of ether oxygens (including phenoxy) is 1. The van der Waals surface area contributed by atoms with Crippen LogP contribution in [0.25, 0.3) is 0 Å². The van der Waals surface area contributed by atoms with Crippen molar-refractivity contribution in [1.29, 1.82) is 0 Å². The highest BCUT2D eigenvalue weighted by molar-refractivity contribution is 5.80. The summed E-state index contributed by atoms with van der Waals surface area (Å²) in [5, 5.41) is 2.75. The van der Waals surface area contributed by atoms with E-state index in [2.05, 4.69) is 20.7 Å². The van der Waals surface area contributed by atoms with E-state index in [1.165, 1.54) is 0 Å². The van der Waals surface area contributed by atoms with Gasteiger partial charge < -0.3 is 19.9 Å². The minimum absolute atomic E-state index is 0.0367. The first-order valence-electron chi connectivity index (χ1n) is 11.7. The first-order chi connectivity index (χ1) is 17.4. The molecule has 0 aromatic carbocycles. The van der Waals surface area contributed by atoms with E-state index in [0.29, 0.717) is 32.6 Å². The summed E-state index contributed by atoms with van der Waals surface area (Å²) in [7, 11) is 0. The van der Waals surface area contributed by atoms with Crippen LogP contribution in [0.2, 0.25) is 0 Å². The average Bonchev–Trinajstić information content (AvgIpc) is 3.07. The largest absolute Gasteiger partial charge is 0.419 e. The number of hydrogen-bond donors (Lipinski definition) is 3. The second-order valence-corrected chi connectivity index (χ2v) is 8.88. The maximum atomic E-state index is 13.2. The molecule has 2 aliphatic rings. The zero-order valence-electron chi connectivity index (χ0n) is 20.0. The summed E-state index contributed by atoms with van der Waals surface area (Å²) in [4.78, 5) is 35.1. The Bertz CT molecular complexity index is 915. The Morgan fingerprint density at radius 1 is 1.16 bits per heavy atom. The molecule has 10 nitrogen and oxygen atoms in total. The highest BCUT2D eigenvalue weighted by atomic mass is 19.4. The molecule has 0 saturated carbocycles. The quantitative estimate of drug-likeness (QED) is 0.332. The van der Waals surface area contributed by atoms with Crippen LogP contribution in [0.1, 0.15) is 25.3 Å². The molecule has 3 atom stereocenters. The Morgan fingerprint density at radius 2 is 1.86 bits per heavy atom. The highest BCUT2D eigenvalue weighted by Crippen LogP contribution is 2.30. The molecule has 3 N–H and O–H groups in total. The van der Waals surface area contributed by atoms with Gasteiger partial charge in [0.25, 0.3) is 0 Å². The van der Waals surface area contributed by atoms with Gasteiger partial charge in [-0.25, -0.2) is 15.4 Å². The maximum Gasteiger partial charge on any atom is 0.419 e. The second-order valence-electron chi connectivity index (χ2n) is 8.88. The lowest BCUT2D eigenvalue weighted by Gasteiger charge is -2.35. The van der Waals surface area contributed by atoms with Gasteiger partial charge in [0.15, 0.2) is 5.92 Å². The molecule has 37 heavy (non-hydrogen) atoms. The maximum absolute atomic E-state index is 13.2. The van der Waals surface area contributed by atoms with Gasteiger partial charge in [-0.15, -0.1) is 0 Å². The molecular weight excluding hydrogens is 512 g/mol. The predicted octanol–water partition coefficient (Wildman–Crippen LogP) is 1.10. The predicted molar refractivity (Wildman–Crippen MR) is 118 cm³/mol. The molecule has 1 aromatic heterocycles. The second kappa shape index (κ2) is 12.2. The Hall–Kier alpha value is -2.72. The van der Waals surface area contributed by atoms with Gasteiger partial charge in [-0.05, 0) is 13.3 Å². The van der Waals surface area contributed by atoms with Crippen LogP contribution in [0.15, 0.2) is 12.4 Å². The summed E-state index contributed by atoms with van der Waals surface area (Å²) < 4.78 is 83.3. The number of anilines is 1. The zero-order chi connectivity index (χ0) is 27.2. The number of halogens is 6. The van der Waals surface area contributed by atoms with Gasteiger partial charge in [-0.1, -0.05) is 0 Å². The third kappa shape index (κ3) is 8.13. The summed E-state index contributed by atoms with van der Waals surface area (Å²) >= 11 is 0. The Balaban J connectivity index is 1.39. The van der Waals surface area contributed by atoms with Crippen LogP contribution in [-0.2, 0) is 20.5 Å². The number of amides is 2. The molecule has 0 bridgehead atoms. The van der Waals surface area contributed by atoms with Crippen LogP contribution in [0.5, 0.6) is 0 Å². The SMILES string of the molecule is C[C@@H](COCCC(=O)N1CCCN(c2ncc(C(F)(F)F)cn2)CC1)NC1CNNC(=O)C1C(F)(F)F. The Labute approximate surface area is 209 Å². The number of hydrogen-bond acceptors (Lipinski definition) is 8. The number of nitrogens with zero attached hydrogens (tertiary/aromatic N) is 4. The van der Waals surface area contributed by atoms with E-state index in [0.717, 1.165) is 12.4 Å². The lowest BCUT2D eigenvalue weighted by atomic mass is 9.96. The molecule has 3 rings (SSSR count). The van der Waals surface area contributed by atoms with Crippen molar-refractivity contribution in [2.24, 2.45) is 5.92 Å². The van der Waals surface area contributed by atoms with Gasteiger partial charge in [0.1, 0.15) is 0 Å². The third-order valence-electron chi connectivity index (χ3n) is 5.99.